The van der Waals surface area contributed by atoms with E-state index < -0.39 is 0 Å². The third-order valence-electron chi connectivity index (χ3n) is 3.35. The van der Waals surface area contributed by atoms with Gasteiger partial charge in [0, 0.05) is 17.5 Å². The molecule has 2 heteroatoms. The van der Waals surface area contributed by atoms with Gasteiger partial charge >= 0.3 is 0 Å². The molecule has 0 fully saturated rings. The first-order valence-electron chi connectivity index (χ1n) is 6.17. The molecule has 0 atom stereocenters. The van der Waals surface area contributed by atoms with Gasteiger partial charge < -0.3 is 4.40 Å². The van der Waals surface area contributed by atoms with Crippen LogP contribution in [-0.4, -0.2) is 9.38 Å². The van der Waals surface area contributed by atoms with Gasteiger partial charge in [-0.25, -0.2) is 4.98 Å². The minimum absolute atomic E-state index is 1.00. The number of aromatic nitrogens is 2. The van der Waals surface area contributed by atoms with Gasteiger partial charge in [0.25, 0.3) is 0 Å². The van der Waals surface area contributed by atoms with Crippen LogP contribution in [0.15, 0.2) is 42.6 Å². The molecule has 0 saturated heterocycles. The lowest BCUT2D eigenvalue weighted by atomic mass is 10.0. The van der Waals surface area contributed by atoms with E-state index in [1.807, 2.05) is 12.1 Å². The van der Waals surface area contributed by atoms with Crippen molar-refractivity contribution in [2.45, 2.75) is 20.8 Å². The number of rotatable bonds is 1. The van der Waals surface area contributed by atoms with Gasteiger partial charge in [0.2, 0.25) is 0 Å². The van der Waals surface area contributed by atoms with E-state index in [4.69, 9.17) is 4.98 Å². The molecule has 0 radical (unpaired) electrons. The van der Waals surface area contributed by atoms with Gasteiger partial charge in [-0.1, -0.05) is 29.8 Å². The molecule has 0 N–H and O–H groups in total. The number of imidazole rings is 1. The number of aryl methyl sites for hydroxylation is 3. The van der Waals surface area contributed by atoms with Crippen LogP contribution in [0.4, 0.5) is 0 Å². The average Bonchev–Trinajstić information content (AvgIpc) is 2.74. The standard InChI is InChI=1S/C16H16N2/c1-11-7-8-14(12(2)9-11)15-10-18-13(3)5-4-6-16(18)17-15/h4-10H,1-3H3. The second-order valence-electron chi connectivity index (χ2n) is 4.84. The first kappa shape index (κ1) is 11.0. The maximum absolute atomic E-state index is 4.70. The summed E-state index contributed by atoms with van der Waals surface area (Å²) < 4.78 is 2.13. The monoisotopic (exact) mass is 236 g/mol. The lowest BCUT2D eigenvalue weighted by Crippen LogP contribution is -1.86. The van der Waals surface area contributed by atoms with E-state index in [1.165, 1.54) is 22.4 Å². The smallest absolute Gasteiger partial charge is 0.137 e. The minimum atomic E-state index is 1.00. The molecular formula is C16H16N2. The lowest BCUT2D eigenvalue weighted by Gasteiger charge is -2.03. The van der Waals surface area contributed by atoms with Gasteiger partial charge in [-0.05, 0) is 38.5 Å². The summed E-state index contributed by atoms with van der Waals surface area (Å²) in [5.74, 6) is 0. The van der Waals surface area contributed by atoms with E-state index in [2.05, 4.69) is 55.6 Å². The van der Waals surface area contributed by atoms with Crippen molar-refractivity contribution in [2.75, 3.05) is 0 Å². The van der Waals surface area contributed by atoms with Crippen LogP contribution in [-0.2, 0) is 0 Å². The van der Waals surface area contributed by atoms with Gasteiger partial charge in [-0.15, -0.1) is 0 Å². The Morgan fingerprint density at radius 3 is 2.56 bits per heavy atom. The highest BCUT2D eigenvalue weighted by Crippen LogP contribution is 2.24. The molecule has 3 aromatic rings. The molecule has 2 heterocycles. The topological polar surface area (TPSA) is 17.3 Å². The zero-order chi connectivity index (χ0) is 12.7. The Bertz CT molecular complexity index is 723. The van der Waals surface area contributed by atoms with Crippen LogP contribution in [0.3, 0.4) is 0 Å². The Balaban J connectivity index is 2.23. The predicted octanol–water partition coefficient (Wildman–Crippen LogP) is 3.93. The lowest BCUT2D eigenvalue weighted by molar-refractivity contribution is 1.09. The Hall–Kier alpha value is -2.09. The molecule has 0 bridgehead atoms. The predicted molar refractivity (Wildman–Crippen MR) is 74.8 cm³/mol. The first-order valence-corrected chi connectivity index (χ1v) is 6.17. The molecule has 0 aliphatic heterocycles. The Kier molecular flexibility index (Phi) is 2.44. The van der Waals surface area contributed by atoms with Crippen molar-refractivity contribution in [3.8, 4) is 11.3 Å². The number of benzene rings is 1. The molecule has 0 spiro atoms. The van der Waals surface area contributed by atoms with E-state index in [0.29, 0.717) is 0 Å². The summed E-state index contributed by atoms with van der Waals surface area (Å²) in [6.45, 7) is 6.35. The van der Waals surface area contributed by atoms with Gasteiger partial charge in [-0.3, -0.25) is 0 Å². The number of nitrogens with zero attached hydrogens (tertiary/aromatic N) is 2. The van der Waals surface area contributed by atoms with Crippen LogP contribution in [0.2, 0.25) is 0 Å². The number of hydrogen-bond acceptors (Lipinski definition) is 1. The molecule has 0 aliphatic rings. The highest BCUT2D eigenvalue weighted by molar-refractivity contribution is 5.66. The molecule has 0 amide bonds. The van der Waals surface area contributed by atoms with Crippen molar-refractivity contribution in [1.82, 2.24) is 9.38 Å². The maximum Gasteiger partial charge on any atom is 0.137 e. The molecule has 3 rings (SSSR count). The zero-order valence-corrected chi connectivity index (χ0v) is 10.9. The van der Waals surface area contributed by atoms with Crippen molar-refractivity contribution in [3.63, 3.8) is 0 Å². The van der Waals surface area contributed by atoms with E-state index in [0.717, 1.165) is 11.3 Å². The third-order valence-corrected chi connectivity index (χ3v) is 3.35. The first-order chi connectivity index (χ1) is 8.65. The molecule has 90 valence electrons. The summed E-state index contributed by atoms with van der Waals surface area (Å²) in [7, 11) is 0. The second-order valence-corrected chi connectivity index (χ2v) is 4.84. The van der Waals surface area contributed by atoms with Crippen molar-refractivity contribution < 1.29 is 0 Å². The van der Waals surface area contributed by atoms with Crippen molar-refractivity contribution >= 4 is 5.65 Å². The zero-order valence-electron chi connectivity index (χ0n) is 10.9. The van der Waals surface area contributed by atoms with Crippen molar-refractivity contribution in [1.29, 1.82) is 0 Å². The molecule has 2 nitrogen and oxygen atoms in total. The van der Waals surface area contributed by atoms with E-state index >= 15 is 0 Å². The molecular weight excluding hydrogens is 220 g/mol. The fourth-order valence-corrected chi connectivity index (χ4v) is 2.38. The maximum atomic E-state index is 4.70. The van der Waals surface area contributed by atoms with Crippen molar-refractivity contribution in [2.24, 2.45) is 0 Å². The van der Waals surface area contributed by atoms with Gasteiger partial charge in [0.1, 0.15) is 5.65 Å². The van der Waals surface area contributed by atoms with E-state index in [9.17, 15) is 0 Å². The Morgan fingerprint density at radius 1 is 1.00 bits per heavy atom. The highest BCUT2D eigenvalue weighted by Gasteiger charge is 2.07. The number of hydrogen-bond donors (Lipinski definition) is 0. The van der Waals surface area contributed by atoms with Gasteiger partial charge in [-0.2, -0.15) is 0 Å². The average molecular weight is 236 g/mol. The van der Waals surface area contributed by atoms with Crippen LogP contribution in [0.5, 0.6) is 0 Å². The summed E-state index contributed by atoms with van der Waals surface area (Å²) in [5, 5.41) is 0. The summed E-state index contributed by atoms with van der Waals surface area (Å²) in [6.07, 6.45) is 2.11. The van der Waals surface area contributed by atoms with Crippen molar-refractivity contribution in [3.05, 3.63) is 59.4 Å². The van der Waals surface area contributed by atoms with Gasteiger partial charge in [0.05, 0.1) is 5.69 Å². The summed E-state index contributed by atoms with van der Waals surface area (Å²) in [5.41, 5.74) is 7.03. The summed E-state index contributed by atoms with van der Waals surface area (Å²) in [6, 6.07) is 12.7. The fourth-order valence-electron chi connectivity index (χ4n) is 2.38. The molecule has 0 unspecified atom stereocenters. The molecule has 1 aromatic carbocycles. The quantitative estimate of drug-likeness (QED) is 0.626. The Labute approximate surface area is 107 Å². The molecule has 2 aromatic heterocycles. The molecule has 18 heavy (non-hydrogen) atoms. The molecule has 0 aliphatic carbocycles. The number of fused-ring (bicyclic) bond motifs is 1. The van der Waals surface area contributed by atoms with Gasteiger partial charge in [0.15, 0.2) is 0 Å². The van der Waals surface area contributed by atoms with Crippen LogP contribution >= 0.6 is 0 Å². The summed E-state index contributed by atoms with van der Waals surface area (Å²) in [4.78, 5) is 4.70. The summed E-state index contributed by atoms with van der Waals surface area (Å²) >= 11 is 0. The third kappa shape index (κ3) is 1.70. The second kappa shape index (κ2) is 3.98. The van der Waals surface area contributed by atoms with Crippen LogP contribution in [0, 0.1) is 20.8 Å². The fraction of sp³-hybridized carbons (Fsp3) is 0.188. The molecule has 0 saturated carbocycles. The SMILES string of the molecule is Cc1ccc(-c2cn3c(C)cccc3n2)c(C)c1. The van der Waals surface area contributed by atoms with Crippen LogP contribution < -0.4 is 0 Å². The van der Waals surface area contributed by atoms with Crippen LogP contribution in [0.1, 0.15) is 16.8 Å². The Morgan fingerprint density at radius 2 is 1.83 bits per heavy atom. The number of pyridine rings is 1. The van der Waals surface area contributed by atoms with E-state index in [1.54, 1.807) is 0 Å². The normalized spacial score (nSPS) is 11.1. The minimum Gasteiger partial charge on any atom is -0.304 e. The largest absolute Gasteiger partial charge is 0.304 e. The van der Waals surface area contributed by atoms with E-state index in [-0.39, 0.29) is 0 Å². The highest BCUT2D eigenvalue weighted by atomic mass is 15.0. The van der Waals surface area contributed by atoms with Crippen LogP contribution in [0.25, 0.3) is 16.9 Å².